The van der Waals surface area contributed by atoms with Gasteiger partial charge in [0.1, 0.15) is 0 Å². The number of aryl methyl sites for hydroxylation is 1. The van der Waals surface area contributed by atoms with E-state index in [0.29, 0.717) is 11.2 Å². The van der Waals surface area contributed by atoms with E-state index in [2.05, 4.69) is 45.1 Å². The summed E-state index contributed by atoms with van der Waals surface area (Å²) in [4.78, 5) is 21.4. The normalized spacial score (nSPS) is 20.3. The lowest BCUT2D eigenvalue weighted by Crippen LogP contribution is -2.42. The molecule has 2 aliphatic heterocycles. The monoisotopic (exact) mass is 338 g/mol. The second-order valence-electron chi connectivity index (χ2n) is 7.60. The third-order valence-corrected chi connectivity index (χ3v) is 5.90. The summed E-state index contributed by atoms with van der Waals surface area (Å²) >= 11 is 0. The number of anilines is 1. The maximum atomic E-state index is 12.3. The second kappa shape index (κ2) is 6.64. The van der Waals surface area contributed by atoms with Crippen molar-refractivity contribution in [1.29, 1.82) is 0 Å². The maximum Gasteiger partial charge on any atom is 0.293 e. The Bertz CT molecular complexity index is 778. The van der Waals surface area contributed by atoms with E-state index in [1.807, 2.05) is 0 Å². The molecule has 5 nitrogen and oxygen atoms in total. The van der Waals surface area contributed by atoms with Crippen molar-refractivity contribution in [2.45, 2.75) is 25.8 Å². The van der Waals surface area contributed by atoms with E-state index in [9.17, 15) is 4.79 Å². The Morgan fingerprint density at radius 3 is 2.56 bits per heavy atom. The third kappa shape index (κ3) is 3.33. The molecule has 2 saturated heterocycles. The fraction of sp³-hybridized carbons (Fsp3) is 0.500. The van der Waals surface area contributed by atoms with Crippen LogP contribution in [0.3, 0.4) is 0 Å². The van der Waals surface area contributed by atoms with Crippen LogP contribution in [0.5, 0.6) is 0 Å². The predicted octanol–water partition coefficient (Wildman–Crippen LogP) is 2.27. The smallest absolute Gasteiger partial charge is 0.293 e. The summed E-state index contributed by atoms with van der Waals surface area (Å²) in [5.41, 5.74) is 1.76. The molecule has 0 radical (unpaired) electrons. The number of nitrogens with zero attached hydrogens (tertiary/aromatic N) is 4. The Morgan fingerprint density at radius 2 is 1.80 bits per heavy atom. The summed E-state index contributed by atoms with van der Waals surface area (Å²) in [5, 5.41) is 0. The lowest BCUT2D eigenvalue weighted by atomic mass is 9.77. The van der Waals surface area contributed by atoms with E-state index in [-0.39, 0.29) is 5.56 Å². The highest BCUT2D eigenvalue weighted by atomic mass is 16.1. The molecule has 0 saturated carbocycles. The largest absolute Gasteiger partial charge is 0.351 e. The zero-order valence-corrected chi connectivity index (χ0v) is 14.9. The van der Waals surface area contributed by atoms with Crippen molar-refractivity contribution in [3.63, 3.8) is 0 Å². The molecule has 0 atom stereocenters. The van der Waals surface area contributed by atoms with Gasteiger partial charge in [-0.25, -0.2) is 4.98 Å². The molecule has 25 heavy (non-hydrogen) atoms. The first-order chi connectivity index (χ1) is 12.2. The van der Waals surface area contributed by atoms with Gasteiger partial charge in [0.25, 0.3) is 5.56 Å². The lowest BCUT2D eigenvalue weighted by Gasteiger charge is -2.39. The summed E-state index contributed by atoms with van der Waals surface area (Å²) in [5.74, 6) is 0.619. The topological polar surface area (TPSA) is 41.4 Å². The minimum atomic E-state index is 0.0149. The van der Waals surface area contributed by atoms with Crippen LogP contribution in [0.15, 0.2) is 47.5 Å². The van der Waals surface area contributed by atoms with Gasteiger partial charge < -0.3 is 9.47 Å². The maximum absolute atomic E-state index is 12.3. The minimum Gasteiger partial charge on any atom is -0.351 e. The van der Waals surface area contributed by atoms with Crippen LogP contribution in [-0.2, 0) is 13.6 Å². The standard InChI is InChI=1S/C20H26N4O/c1-22-14-10-21-18(19(22)25)24-13-9-20(16-24)7-11-23(12-8-20)15-17-5-3-2-4-6-17/h2-6,10,14H,7-9,11-13,15-16H2,1H3. The molecule has 4 rings (SSSR count). The van der Waals surface area contributed by atoms with E-state index in [1.165, 1.54) is 24.8 Å². The molecule has 3 heterocycles. The van der Waals surface area contributed by atoms with Gasteiger partial charge in [-0.05, 0) is 43.3 Å². The van der Waals surface area contributed by atoms with Gasteiger partial charge >= 0.3 is 0 Å². The molecular weight excluding hydrogens is 312 g/mol. The number of likely N-dealkylation sites (tertiary alicyclic amines) is 1. The number of benzene rings is 1. The number of aromatic nitrogens is 2. The van der Waals surface area contributed by atoms with Crippen molar-refractivity contribution in [2.24, 2.45) is 12.5 Å². The van der Waals surface area contributed by atoms with Crippen LogP contribution in [0.25, 0.3) is 0 Å². The number of hydrogen-bond donors (Lipinski definition) is 0. The van der Waals surface area contributed by atoms with Crippen LogP contribution in [0.1, 0.15) is 24.8 Å². The molecule has 5 heteroatoms. The average molecular weight is 338 g/mol. The SMILES string of the molecule is Cn1ccnc(N2CCC3(CCN(Cc4ccccc4)CC3)C2)c1=O. The van der Waals surface area contributed by atoms with Gasteiger partial charge in [-0.1, -0.05) is 30.3 Å². The summed E-state index contributed by atoms with van der Waals surface area (Å²) in [6.07, 6.45) is 7.04. The first kappa shape index (κ1) is 16.3. The summed E-state index contributed by atoms with van der Waals surface area (Å²) in [6, 6.07) is 10.7. The fourth-order valence-electron chi connectivity index (χ4n) is 4.25. The molecule has 0 N–H and O–H groups in total. The highest BCUT2D eigenvalue weighted by Gasteiger charge is 2.41. The summed E-state index contributed by atoms with van der Waals surface area (Å²) in [6.45, 7) is 5.25. The first-order valence-corrected chi connectivity index (χ1v) is 9.18. The molecule has 2 aromatic rings. The average Bonchev–Trinajstić information content (AvgIpc) is 3.04. The van der Waals surface area contributed by atoms with Crippen LogP contribution in [0, 0.1) is 5.41 Å². The van der Waals surface area contributed by atoms with Crippen LogP contribution < -0.4 is 10.5 Å². The molecule has 1 aromatic carbocycles. The van der Waals surface area contributed by atoms with Crippen molar-refractivity contribution in [3.05, 3.63) is 58.6 Å². The Labute approximate surface area is 148 Å². The Balaban J connectivity index is 1.39. The quantitative estimate of drug-likeness (QED) is 0.861. The Hall–Kier alpha value is -2.14. The predicted molar refractivity (Wildman–Crippen MR) is 99.7 cm³/mol. The molecule has 0 bridgehead atoms. The van der Waals surface area contributed by atoms with Crippen molar-refractivity contribution in [1.82, 2.24) is 14.5 Å². The molecule has 2 aliphatic rings. The van der Waals surface area contributed by atoms with E-state index >= 15 is 0 Å². The molecule has 2 fully saturated rings. The zero-order chi connectivity index (χ0) is 17.3. The highest BCUT2D eigenvalue weighted by Crippen LogP contribution is 2.41. The van der Waals surface area contributed by atoms with Gasteiger partial charge in [0.15, 0.2) is 5.82 Å². The van der Waals surface area contributed by atoms with Crippen LogP contribution in [-0.4, -0.2) is 40.6 Å². The molecule has 1 spiro atoms. The van der Waals surface area contributed by atoms with Gasteiger partial charge in [-0.2, -0.15) is 0 Å². The molecule has 0 unspecified atom stereocenters. The highest BCUT2D eigenvalue weighted by molar-refractivity contribution is 5.38. The van der Waals surface area contributed by atoms with Gasteiger partial charge in [0.05, 0.1) is 0 Å². The molecule has 132 valence electrons. The van der Waals surface area contributed by atoms with Gasteiger partial charge in [-0.3, -0.25) is 9.69 Å². The molecular formula is C20H26N4O. The van der Waals surface area contributed by atoms with E-state index in [0.717, 1.165) is 32.7 Å². The van der Waals surface area contributed by atoms with Crippen LogP contribution in [0.2, 0.25) is 0 Å². The lowest BCUT2D eigenvalue weighted by molar-refractivity contribution is 0.115. The Morgan fingerprint density at radius 1 is 1.08 bits per heavy atom. The van der Waals surface area contributed by atoms with Crippen LogP contribution in [0.4, 0.5) is 5.82 Å². The summed E-state index contributed by atoms with van der Waals surface area (Å²) in [7, 11) is 1.79. The molecule has 0 amide bonds. The second-order valence-corrected chi connectivity index (χ2v) is 7.60. The number of piperidine rings is 1. The summed E-state index contributed by atoms with van der Waals surface area (Å²) < 4.78 is 1.62. The minimum absolute atomic E-state index is 0.0149. The molecule has 0 aliphatic carbocycles. The zero-order valence-electron chi connectivity index (χ0n) is 14.9. The first-order valence-electron chi connectivity index (χ1n) is 9.18. The van der Waals surface area contributed by atoms with E-state index < -0.39 is 0 Å². The number of hydrogen-bond acceptors (Lipinski definition) is 4. The number of rotatable bonds is 3. The van der Waals surface area contributed by atoms with E-state index in [1.54, 1.807) is 24.0 Å². The van der Waals surface area contributed by atoms with E-state index in [4.69, 9.17) is 0 Å². The van der Waals surface area contributed by atoms with Crippen molar-refractivity contribution >= 4 is 5.82 Å². The van der Waals surface area contributed by atoms with Crippen molar-refractivity contribution in [2.75, 3.05) is 31.1 Å². The fourth-order valence-corrected chi connectivity index (χ4v) is 4.25. The third-order valence-electron chi connectivity index (χ3n) is 5.90. The Kier molecular flexibility index (Phi) is 4.34. The van der Waals surface area contributed by atoms with Gasteiger partial charge in [0.2, 0.25) is 0 Å². The van der Waals surface area contributed by atoms with Crippen molar-refractivity contribution in [3.8, 4) is 0 Å². The molecule has 1 aromatic heterocycles. The van der Waals surface area contributed by atoms with Gasteiger partial charge in [0, 0.05) is 39.1 Å². The van der Waals surface area contributed by atoms with Crippen molar-refractivity contribution < 1.29 is 0 Å². The van der Waals surface area contributed by atoms with Gasteiger partial charge in [-0.15, -0.1) is 0 Å². The van der Waals surface area contributed by atoms with Crippen LogP contribution >= 0.6 is 0 Å².